The van der Waals surface area contributed by atoms with Crippen LogP contribution in [0.2, 0.25) is 0 Å². The first-order chi connectivity index (χ1) is 8.10. The van der Waals surface area contributed by atoms with Gasteiger partial charge in [0.05, 0.1) is 11.6 Å². The maximum atomic E-state index is 11.5. The normalized spacial score (nSPS) is 10.1. The fraction of sp³-hybridized carbons (Fsp3) is 0.200. The lowest BCUT2D eigenvalue weighted by molar-refractivity contribution is 0.724. The Balaban J connectivity index is 2.43. The third-order valence-electron chi connectivity index (χ3n) is 2.13. The van der Waals surface area contributed by atoms with Gasteiger partial charge in [0, 0.05) is 17.3 Å². The van der Waals surface area contributed by atoms with Crippen molar-refractivity contribution in [1.82, 2.24) is 14.5 Å². The summed E-state index contributed by atoms with van der Waals surface area (Å²) in [5.41, 5.74) is -1.26. The van der Waals surface area contributed by atoms with Crippen molar-refractivity contribution in [3.8, 4) is 6.07 Å². The summed E-state index contributed by atoms with van der Waals surface area (Å²) < 4.78 is 1.28. The standard InChI is InChI=1S/C10H8N4O2S/c1-6-12-3-8(17-6)5-14-4-7(2-11)9(15)13-10(14)16/h3-4H,5H2,1H3,(H,13,15,16). The summed E-state index contributed by atoms with van der Waals surface area (Å²) >= 11 is 1.46. The quantitative estimate of drug-likeness (QED) is 0.823. The maximum Gasteiger partial charge on any atom is 0.328 e. The Morgan fingerprint density at radius 1 is 1.59 bits per heavy atom. The molecule has 0 saturated carbocycles. The largest absolute Gasteiger partial charge is 0.328 e. The predicted octanol–water partition coefficient (Wildman–Crippen LogP) is 0.221. The second-order valence-corrected chi connectivity index (χ2v) is 4.71. The van der Waals surface area contributed by atoms with E-state index < -0.39 is 11.2 Å². The smallest absolute Gasteiger partial charge is 0.294 e. The third-order valence-corrected chi connectivity index (χ3v) is 3.02. The Morgan fingerprint density at radius 2 is 2.35 bits per heavy atom. The minimum absolute atomic E-state index is 0.0779. The number of nitrogens with zero attached hydrogens (tertiary/aromatic N) is 3. The van der Waals surface area contributed by atoms with Crippen molar-refractivity contribution in [3.05, 3.63) is 48.7 Å². The van der Waals surface area contributed by atoms with E-state index >= 15 is 0 Å². The first-order valence-corrected chi connectivity index (χ1v) is 5.57. The molecule has 6 nitrogen and oxygen atoms in total. The van der Waals surface area contributed by atoms with Gasteiger partial charge < -0.3 is 0 Å². The van der Waals surface area contributed by atoms with Gasteiger partial charge in [0.25, 0.3) is 5.56 Å². The highest BCUT2D eigenvalue weighted by Gasteiger charge is 2.06. The van der Waals surface area contributed by atoms with Crippen LogP contribution in [-0.2, 0) is 6.54 Å². The predicted molar refractivity (Wildman–Crippen MR) is 62.0 cm³/mol. The molecule has 17 heavy (non-hydrogen) atoms. The summed E-state index contributed by atoms with van der Waals surface area (Å²) in [4.78, 5) is 29.7. The van der Waals surface area contributed by atoms with Crippen LogP contribution in [-0.4, -0.2) is 14.5 Å². The van der Waals surface area contributed by atoms with Crippen LogP contribution in [0.4, 0.5) is 0 Å². The van der Waals surface area contributed by atoms with Crippen molar-refractivity contribution in [2.24, 2.45) is 0 Å². The highest BCUT2D eigenvalue weighted by atomic mass is 32.1. The van der Waals surface area contributed by atoms with Gasteiger partial charge in [-0.1, -0.05) is 0 Å². The molecule has 2 rings (SSSR count). The summed E-state index contributed by atoms with van der Waals surface area (Å²) in [6, 6.07) is 1.74. The maximum absolute atomic E-state index is 11.5. The van der Waals surface area contributed by atoms with E-state index in [1.54, 1.807) is 12.3 Å². The lowest BCUT2D eigenvalue weighted by Crippen LogP contribution is -2.31. The number of rotatable bonds is 2. The van der Waals surface area contributed by atoms with Crippen LogP contribution in [0.5, 0.6) is 0 Å². The Bertz CT molecular complexity index is 704. The number of aryl methyl sites for hydroxylation is 1. The van der Waals surface area contributed by atoms with Crippen molar-refractivity contribution < 1.29 is 0 Å². The molecule has 2 aromatic rings. The van der Waals surface area contributed by atoms with E-state index in [9.17, 15) is 9.59 Å². The molecule has 7 heteroatoms. The van der Waals surface area contributed by atoms with E-state index in [0.29, 0.717) is 6.54 Å². The third kappa shape index (κ3) is 2.32. The van der Waals surface area contributed by atoms with Crippen molar-refractivity contribution in [2.75, 3.05) is 0 Å². The number of thiazole rings is 1. The molecular weight excluding hydrogens is 240 g/mol. The molecule has 0 aliphatic rings. The lowest BCUT2D eigenvalue weighted by atomic mass is 10.3. The Labute approximate surface area is 99.8 Å². The van der Waals surface area contributed by atoms with Crippen LogP contribution < -0.4 is 11.2 Å². The number of aromatic nitrogens is 3. The molecule has 0 amide bonds. The van der Waals surface area contributed by atoms with Crippen LogP contribution in [0, 0.1) is 18.3 Å². The van der Waals surface area contributed by atoms with E-state index in [1.165, 1.54) is 22.1 Å². The summed E-state index contributed by atoms with van der Waals surface area (Å²) in [5, 5.41) is 9.61. The zero-order valence-electron chi connectivity index (χ0n) is 8.93. The first-order valence-electron chi connectivity index (χ1n) is 4.75. The monoisotopic (exact) mass is 248 g/mol. The molecule has 0 fully saturated rings. The summed E-state index contributed by atoms with van der Waals surface area (Å²) in [5.74, 6) is 0. The zero-order valence-corrected chi connectivity index (χ0v) is 9.74. The fourth-order valence-electron chi connectivity index (χ4n) is 1.35. The number of aromatic amines is 1. The molecule has 1 N–H and O–H groups in total. The molecular formula is C10H8N4O2S. The first kappa shape index (κ1) is 11.3. The van der Waals surface area contributed by atoms with E-state index in [-0.39, 0.29) is 5.56 Å². The second-order valence-electron chi connectivity index (χ2n) is 3.39. The number of nitrogens with one attached hydrogen (secondary N) is 1. The van der Waals surface area contributed by atoms with Crippen molar-refractivity contribution in [2.45, 2.75) is 13.5 Å². The minimum atomic E-state index is -0.658. The van der Waals surface area contributed by atoms with Gasteiger partial charge in [0.1, 0.15) is 11.6 Å². The molecule has 2 heterocycles. The number of hydrogen-bond donors (Lipinski definition) is 1. The molecule has 2 aromatic heterocycles. The van der Waals surface area contributed by atoms with Crippen molar-refractivity contribution in [1.29, 1.82) is 5.26 Å². The summed E-state index contributed by atoms with van der Waals surface area (Å²) in [7, 11) is 0. The molecule has 0 radical (unpaired) electrons. The average Bonchev–Trinajstić information content (AvgIpc) is 2.68. The van der Waals surface area contributed by atoms with Gasteiger partial charge in [-0.05, 0) is 6.92 Å². The molecule has 0 bridgehead atoms. The fourth-order valence-corrected chi connectivity index (χ4v) is 2.15. The second kappa shape index (κ2) is 4.35. The molecule has 0 aliphatic carbocycles. The van der Waals surface area contributed by atoms with Gasteiger partial charge in [0.15, 0.2) is 0 Å². The number of nitriles is 1. The minimum Gasteiger partial charge on any atom is -0.294 e. The lowest BCUT2D eigenvalue weighted by Gasteiger charge is -2.02. The Hall–Kier alpha value is -2.20. The van der Waals surface area contributed by atoms with Crippen LogP contribution in [0.3, 0.4) is 0 Å². The van der Waals surface area contributed by atoms with Crippen molar-refractivity contribution in [3.63, 3.8) is 0 Å². The summed E-state index contributed by atoms with van der Waals surface area (Å²) in [6.45, 7) is 2.17. The Kier molecular flexibility index (Phi) is 2.89. The van der Waals surface area contributed by atoms with Gasteiger partial charge in [-0.2, -0.15) is 5.26 Å². The molecule has 0 spiro atoms. The topological polar surface area (TPSA) is 91.5 Å². The van der Waals surface area contributed by atoms with E-state index in [4.69, 9.17) is 5.26 Å². The van der Waals surface area contributed by atoms with Crippen LogP contribution in [0.1, 0.15) is 15.4 Å². The number of H-pyrrole nitrogens is 1. The highest BCUT2D eigenvalue weighted by molar-refractivity contribution is 7.11. The molecule has 86 valence electrons. The summed E-state index contributed by atoms with van der Waals surface area (Å²) in [6.07, 6.45) is 2.93. The van der Waals surface area contributed by atoms with Crippen LogP contribution >= 0.6 is 11.3 Å². The molecule has 0 aliphatic heterocycles. The highest BCUT2D eigenvalue weighted by Crippen LogP contribution is 2.11. The van der Waals surface area contributed by atoms with Crippen LogP contribution in [0.25, 0.3) is 0 Å². The van der Waals surface area contributed by atoms with Gasteiger partial charge >= 0.3 is 5.69 Å². The average molecular weight is 248 g/mol. The van der Waals surface area contributed by atoms with Crippen LogP contribution in [0.15, 0.2) is 22.0 Å². The molecule has 0 saturated heterocycles. The molecule has 0 aromatic carbocycles. The van der Waals surface area contributed by atoms with E-state index in [2.05, 4.69) is 9.97 Å². The van der Waals surface area contributed by atoms with Gasteiger partial charge in [-0.25, -0.2) is 9.78 Å². The van der Waals surface area contributed by atoms with E-state index in [1.807, 2.05) is 6.92 Å². The van der Waals surface area contributed by atoms with E-state index in [0.717, 1.165) is 9.88 Å². The molecule has 0 atom stereocenters. The Morgan fingerprint density at radius 3 is 2.94 bits per heavy atom. The zero-order chi connectivity index (χ0) is 12.4. The number of hydrogen-bond acceptors (Lipinski definition) is 5. The van der Waals surface area contributed by atoms with Crippen molar-refractivity contribution >= 4 is 11.3 Å². The van der Waals surface area contributed by atoms with Gasteiger partial charge in [-0.3, -0.25) is 14.3 Å². The molecule has 0 unspecified atom stereocenters. The van der Waals surface area contributed by atoms with Gasteiger partial charge in [0.2, 0.25) is 0 Å². The van der Waals surface area contributed by atoms with Gasteiger partial charge in [-0.15, -0.1) is 11.3 Å². The SMILES string of the molecule is Cc1ncc(Cn2cc(C#N)c(=O)[nH]c2=O)s1.